The number of hydrogen-bond acceptors (Lipinski definition) is 5. The molecule has 1 heterocycles. The van der Waals surface area contributed by atoms with Crippen molar-refractivity contribution in [3.8, 4) is 0 Å². The molecule has 0 radical (unpaired) electrons. The summed E-state index contributed by atoms with van der Waals surface area (Å²) in [5.74, 6) is 0. The Hall–Kier alpha value is -0.460. The molecule has 0 aromatic heterocycles. The quantitative estimate of drug-likeness (QED) is 0.166. The van der Waals surface area contributed by atoms with E-state index < -0.39 is 31.0 Å². The maximum atomic E-state index is 10.1. The van der Waals surface area contributed by atoms with Gasteiger partial charge in [0.2, 0.25) is 0 Å². The Balaban J connectivity index is 1.81. The second-order valence-electron chi connectivity index (χ2n) is 9.09. The molecule has 0 unspecified atom stereocenters. The lowest BCUT2D eigenvalue weighted by molar-refractivity contribution is -0.0730. The summed E-state index contributed by atoms with van der Waals surface area (Å²) in [5.41, 5.74) is 0. The lowest BCUT2D eigenvalue weighted by Crippen LogP contribution is -2.41. The normalized spacial score (nSPS) is 22.5. The average molecular weight is 443 g/mol. The van der Waals surface area contributed by atoms with Crippen LogP contribution in [0.2, 0.25) is 0 Å². The maximum Gasteiger partial charge on any atom is 0.114 e. The van der Waals surface area contributed by atoms with Crippen molar-refractivity contribution in [2.75, 3.05) is 19.8 Å². The van der Waals surface area contributed by atoms with Crippen LogP contribution >= 0.6 is 0 Å². The molecule has 1 saturated heterocycles. The predicted octanol–water partition coefficient (Wildman–Crippen LogP) is 5.30. The van der Waals surface area contributed by atoms with Crippen molar-refractivity contribution < 1.29 is 24.8 Å². The zero-order valence-electron chi connectivity index (χ0n) is 20.1. The highest BCUT2D eigenvalue weighted by Gasteiger charge is 2.40. The second-order valence-corrected chi connectivity index (χ2v) is 9.09. The number of ether oxygens (including phenoxy) is 2. The van der Waals surface area contributed by atoms with Crippen molar-refractivity contribution in [1.29, 1.82) is 0 Å². The van der Waals surface area contributed by atoms with Gasteiger partial charge < -0.3 is 24.8 Å². The van der Waals surface area contributed by atoms with Crippen LogP contribution < -0.4 is 0 Å². The van der Waals surface area contributed by atoms with Gasteiger partial charge in [0.1, 0.15) is 24.4 Å². The molecule has 0 saturated carbocycles. The Labute approximate surface area is 191 Å². The smallest absolute Gasteiger partial charge is 0.114 e. The first-order valence-electron chi connectivity index (χ1n) is 13.1. The molecule has 184 valence electrons. The number of aliphatic hydroxyl groups excluding tert-OH is 3. The molecule has 0 spiro atoms. The Morgan fingerprint density at radius 2 is 1.35 bits per heavy atom. The minimum absolute atomic E-state index is 0.266. The van der Waals surface area contributed by atoms with Crippen molar-refractivity contribution >= 4 is 0 Å². The summed E-state index contributed by atoms with van der Waals surface area (Å²) in [5, 5.41) is 28.6. The monoisotopic (exact) mass is 442 g/mol. The molecule has 4 atom stereocenters. The maximum absolute atomic E-state index is 10.1. The largest absolute Gasteiger partial charge is 0.394 e. The molecule has 1 rings (SSSR count). The first-order chi connectivity index (χ1) is 15.2. The Morgan fingerprint density at radius 1 is 0.839 bits per heavy atom. The third-order valence-corrected chi connectivity index (χ3v) is 6.22. The van der Waals surface area contributed by atoms with E-state index in [-0.39, 0.29) is 6.61 Å². The topological polar surface area (TPSA) is 79.2 Å². The summed E-state index contributed by atoms with van der Waals surface area (Å²) in [4.78, 5) is 0. The molecule has 3 N–H and O–H groups in total. The predicted molar refractivity (Wildman–Crippen MR) is 127 cm³/mol. The van der Waals surface area contributed by atoms with Gasteiger partial charge in [0, 0.05) is 6.61 Å². The molecule has 0 bridgehead atoms. The minimum Gasteiger partial charge on any atom is -0.394 e. The van der Waals surface area contributed by atoms with Crippen molar-refractivity contribution in [2.24, 2.45) is 0 Å². The van der Waals surface area contributed by atoms with Gasteiger partial charge in [-0.3, -0.25) is 0 Å². The summed E-state index contributed by atoms with van der Waals surface area (Å²) >= 11 is 0. The molecule has 0 aliphatic carbocycles. The van der Waals surface area contributed by atoms with E-state index >= 15 is 0 Å². The van der Waals surface area contributed by atoms with Gasteiger partial charge in [0.25, 0.3) is 0 Å². The second kappa shape index (κ2) is 20.2. The van der Waals surface area contributed by atoms with Gasteiger partial charge in [-0.15, -0.1) is 0 Å². The number of rotatable bonds is 21. The SMILES string of the molecule is CCCCCCCCCCCCCC/C=C/CCCCO[C@H]1CO[C@H]([C@H](O)CO)[C@@H]1O. The van der Waals surface area contributed by atoms with Crippen LogP contribution in [-0.4, -0.2) is 59.6 Å². The summed E-state index contributed by atoms with van der Waals surface area (Å²) in [6, 6.07) is 0. The molecular weight excluding hydrogens is 392 g/mol. The van der Waals surface area contributed by atoms with Crippen molar-refractivity contribution in [3.05, 3.63) is 12.2 Å². The third-order valence-electron chi connectivity index (χ3n) is 6.22. The van der Waals surface area contributed by atoms with Gasteiger partial charge in [-0.1, -0.05) is 89.7 Å². The van der Waals surface area contributed by atoms with Gasteiger partial charge in [-0.25, -0.2) is 0 Å². The van der Waals surface area contributed by atoms with Gasteiger partial charge in [-0.05, 0) is 32.1 Å². The fourth-order valence-corrected chi connectivity index (χ4v) is 4.14. The standard InChI is InChI=1S/C26H50O5/c1-2-3-4-5-6-7-8-9-10-11-12-13-14-15-16-17-18-19-20-30-24-22-31-26(25(24)29)23(28)21-27/h15-16,23-29H,2-14,17-22H2,1H3/b16-15+/t23-,24+,25-,26-/m1/s1. The van der Waals surface area contributed by atoms with Gasteiger partial charge >= 0.3 is 0 Å². The lowest BCUT2D eigenvalue weighted by Gasteiger charge is -2.20. The van der Waals surface area contributed by atoms with Crippen molar-refractivity contribution in [3.63, 3.8) is 0 Å². The molecule has 1 aliphatic rings. The third kappa shape index (κ3) is 14.3. The average Bonchev–Trinajstić information content (AvgIpc) is 3.15. The lowest BCUT2D eigenvalue weighted by atomic mass is 10.0. The van der Waals surface area contributed by atoms with E-state index in [4.69, 9.17) is 14.6 Å². The van der Waals surface area contributed by atoms with E-state index in [1.165, 1.54) is 83.5 Å². The highest BCUT2D eigenvalue weighted by molar-refractivity contribution is 4.88. The van der Waals surface area contributed by atoms with Crippen LogP contribution in [0.3, 0.4) is 0 Å². The van der Waals surface area contributed by atoms with E-state index in [1.807, 2.05) is 0 Å². The van der Waals surface area contributed by atoms with Crippen LogP contribution in [0.5, 0.6) is 0 Å². The number of aliphatic hydroxyl groups is 3. The van der Waals surface area contributed by atoms with E-state index in [9.17, 15) is 10.2 Å². The molecular formula is C26H50O5. The molecule has 5 heteroatoms. The van der Waals surface area contributed by atoms with Crippen LogP contribution in [0.25, 0.3) is 0 Å². The summed E-state index contributed by atoms with van der Waals surface area (Å²) in [6.07, 6.45) is 22.5. The van der Waals surface area contributed by atoms with Crippen LogP contribution in [-0.2, 0) is 9.47 Å². The van der Waals surface area contributed by atoms with Crippen LogP contribution in [0.15, 0.2) is 12.2 Å². The summed E-state index contributed by atoms with van der Waals surface area (Å²) < 4.78 is 11.0. The zero-order valence-corrected chi connectivity index (χ0v) is 20.1. The van der Waals surface area contributed by atoms with E-state index in [2.05, 4.69) is 19.1 Å². The van der Waals surface area contributed by atoms with E-state index in [0.29, 0.717) is 6.61 Å². The first-order valence-corrected chi connectivity index (χ1v) is 13.1. The highest BCUT2D eigenvalue weighted by Crippen LogP contribution is 2.20. The van der Waals surface area contributed by atoms with Crippen molar-refractivity contribution in [2.45, 2.75) is 134 Å². The molecule has 0 amide bonds. The van der Waals surface area contributed by atoms with Gasteiger partial charge in [0.05, 0.1) is 13.2 Å². The van der Waals surface area contributed by atoms with Crippen LogP contribution in [0.4, 0.5) is 0 Å². The molecule has 0 aromatic rings. The van der Waals surface area contributed by atoms with Gasteiger partial charge in [-0.2, -0.15) is 0 Å². The number of allylic oxidation sites excluding steroid dienone is 2. The van der Waals surface area contributed by atoms with Crippen LogP contribution in [0.1, 0.15) is 110 Å². The van der Waals surface area contributed by atoms with E-state index in [0.717, 1.165) is 19.3 Å². The Bertz CT molecular complexity index is 415. The highest BCUT2D eigenvalue weighted by atomic mass is 16.6. The summed E-state index contributed by atoms with van der Waals surface area (Å²) in [7, 11) is 0. The number of hydrogen-bond donors (Lipinski definition) is 3. The molecule has 1 aliphatic heterocycles. The van der Waals surface area contributed by atoms with Crippen LogP contribution in [0, 0.1) is 0 Å². The summed E-state index contributed by atoms with van der Waals surface area (Å²) in [6.45, 7) is 2.71. The van der Waals surface area contributed by atoms with Gasteiger partial charge in [0.15, 0.2) is 0 Å². The first kappa shape index (κ1) is 28.6. The molecule has 31 heavy (non-hydrogen) atoms. The fourth-order valence-electron chi connectivity index (χ4n) is 4.14. The van der Waals surface area contributed by atoms with Crippen molar-refractivity contribution in [1.82, 2.24) is 0 Å². The molecule has 0 aromatic carbocycles. The molecule has 1 fully saturated rings. The minimum atomic E-state index is -1.06. The molecule has 5 nitrogen and oxygen atoms in total. The fraction of sp³-hybridized carbons (Fsp3) is 0.923. The Kier molecular flexibility index (Phi) is 18.6. The number of unbranched alkanes of at least 4 members (excludes halogenated alkanes) is 14. The zero-order chi connectivity index (χ0) is 22.6. The van der Waals surface area contributed by atoms with E-state index in [1.54, 1.807) is 0 Å². The Morgan fingerprint density at radius 3 is 1.90 bits per heavy atom.